The number of rotatable bonds is 6. The lowest BCUT2D eigenvalue weighted by atomic mass is 10.0. The van der Waals surface area contributed by atoms with Gasteiger partial charge in [0.2, 0.25) is 0 Å². The third-order valence-electron chi connectivity index (χ3n) is 4.48. The zero-order valence-corrected chi connectivity index (χ0v) is 16.9. The average Bonchev–Trinajstić information content (AvgIpc) is 3.03. The average molecular weight is 404 g/mol. The Balaban J connectivity index is 0.00000338. The molecule has 4 N–H and O–H groups in total. The summed E-state index contributed by atoms with van der Waals surface area (Å²) < 4.78 is 5.57. The summed E-state index contributed by atoms with van der Waals surface area (Å²) in [5.41, 5.74) is 6.15. The first-order valence-electron chi connectivity index (χ1n) is 8.54. The molecule has 1 saturated heterocycles. The summed E-state index contributed by atoms with van der Waals surface area (Å²) in [7, 11) is 0. The van der Waals surface area contributed by atoms with Crippen molar-refractivity contribution < 1.29 is 14.3 Å². The fourth-order valence-electron chi connectivity index (χ4n) is 2.53. The topological polar surface area (TPSA) is 93.5 Å². The highest BCUT2D eigenvalue weighted by Crippen LogP contribution is 2.24. The summed E-state index contributed by atoms with van der Waals surface area (Å²) in [6, 6.07) is 4.84. The third-order valence-corrected chi connectivity index (χ3v) is 4.79. The number of amides is 2. The van der Waals surface area contributed by atoms with Gasteiger partial charge < -0.3 is 21.1 Å². The fraction of sp³-hybridized carbons (Fsp3) is 0.556. The Morgan fingerprint density at radius 3 is 2.58 bits per heavy atom. The number of nitrogens with two attached hydrogens (primary N) is 1. The van der Waals surface area contributed by atoms with Crippen LogP contribution in [0.5, 0.6) is 0 Å². The van der Waals surface area contributed by atoms with E-state index in [0.29, 0.717) is 24.2 Å². The molecule has 8 heteroatoms. The van der Waals surface area contributed by atoms with Gasteiger partial charge in [0.05, 0.1) is 16.7 Å². The van der Waals surface area contributed by atoms with E-state index in [1.165, 1.54) is 0 Å². The highest BCUT2D eigenvalue weighted by Gasteiger charge is 2.30. The third kappa shape index (κ3) is 5.84. The molecule has 0 aromatic heterocycles. The summed E-state index contributed by atoms with van der Waals surface area (Å²) in [5.74, 6) is -0.462. The summed E-state index contributed by atoms with van der Waals surface area (Å²) in [6.07, 6.45) is 1.67. The lowest BCUT2D eigenvalue weighted by Gasteiger charge is -2.24. The number of anilines is 1. The van der Waals surface area contributed by atoms with Crippen LogP contribution >= 0.6 is 24.0 Å². The molecule has 0 spiro atoms. The first-order valence-corrected chi connectivity index (χ1v) is 8.92. The van der Waals surface area contributed by atoms with Gasteiger partial charge in [-0.1, -0.05) is 18.5 Å². The van der Waals surface area contributed by atoms with Crippen molar-refractivity contribution >= 4 is 41.5 Å². The number of ether oxygens (including phenoxy) is 1. The van der Waals surface area contributed by atoms with Crippen molar-refractivity contribution in [2.75, 3.05) is 11.9 Å². The van der Waals surface area contributed by atoms with E-state index in [1.807, 2.05) is 20.8 Å². The van der Waals surface area contributed by atoms with E-state index in [0.717, 1.165) is 12.8 Å². The number of benzene rings is 1. The Bertz CT molecular complexity index is 653. The minimum absolute atomic E-state index is 0. The molecule has 26 heavy (non-hydrogen) atoms. The number of hydrogen-bond donors (Lipinski definition) is 3. The predicted octanol–water partition coefficient (Wildman–Crippen LogP) is 3.13. The highest BCUT2D eigenvalue weighted by atomic mass is 35.5. The van der Waals surface area contributed by atoms with Gasteiger partial charge in [0.25, 0.3) is 11.8 Å². The molecule has 1 aromatic carbocycles. The fourth-order valence-corrected chi connectivity index (χ4v) is 2.80. The van der Waals surface area contributed by atoms with Crippen LogP contribution in [-0.4, -0.2) is 36.1 Å². The molecule has 0 unspecified atom stereocenters. The zero-order valence-electron chi connectivity index (χ0n) is 15.3. The van der Waals surface area contributed by atoms with Gasteiger partial charge in [0.15, 0.2) is 0 Å². The van der Waals surface area contributed by atoms with Crippen molar-refractivity contribution in [2.24, 2.45) is 5.73 Å². The molecule has 0 saturated carbocycles. The van der Waals surface area contributed by atoms with Crippen molar-refractivity contribution in [3.8, 4) is 0 Å². The molecule has 6 nitrogen and oxygen atoms in total. The monoisotopic (exact) mass is 403 g/mol. The normalized spacial score (nSPS) is 19.6. The van der Waals surface area contributed by atoms with Gasteiger partial charge in [0, 0.05) is 17.8 Å². The van der Waals surface area contributed by atoms with Crippen molar-refractivity contribution in [1.82, 2.24) is 5.32 Å². The Kier molecular flexibility index (Phi) is 8.34. The predicted molar refractivity (Wildman–Crippen MR) is 106 cm³/mol. The molecule has 2 rings (SSSR count). The number of carbonyl (C=O) groups excluding carboxylic acids is 2. The van der Waals surface area contributed by atoms with Crippen LogP contribution in [0.1, 0.15) is 50.4 Å². The van der Waals surface area contributed by atoms with Crippen LogP contribution in [0, 0.1) is 0 Å². The minimum atomic E-state index is -0.499. The zero-order chi connectivity index (χ0) is 18.6. The second-order valence-electron chi connectivity index (χ2n) is 6.94. The van der Waals surface area contributed by atoms with Crippen LogP contribution in [0.4, 0.5) is 5.69 Å². The molecule has 2 amide bonds. The maximum Gasteiger partial charge on any atom is 0.253 e. The standard InChI is InChI=1S/C18H26ClN3O3.ClH/c1-4-18(2,3)22-16(23)13-7-5-11(9-14(13)19)21-17(24)15-8-6-12(10-20)25-15;/h5,7,9,12,15H,4,6,8,10,20H2,1-3H3,(H,21,24)(H,22,23);1H/t12-,15+;/m1./s1. The van der Waals surface area contributed by atoms with E-state index in [9.17, 15) is 9.59 Å². The van der Waals surface area contributed by atoms with Crippen LogP contribution in [0.25, 0.3) is 0 Å². The molecule has 1 heterocycles. The molecule has 0 radical (unpaired) electrons. The van der Waals surface area contributed by atoms with E-state index in [2.05, 4.69) is 10.6 Å². The van der Waals surface area contributed by atoms with E-state index in [4.69, 9.17) is 22.1 Å². The van der Waals surface area contributed by atoms with Crippen LogP contribution < -0.4 is 16.4 Å². The molecule has 1 aliphatic heterocycles. The van der Waals surface area contributed by atoms with Crippen molar-refractivity contribution in [3.05, 3.63) is 28.8 Å². The van der Waals surface area contributed by atoms with Gasteiger partial charge in [-0.3, -0.25) is 9.59 Å². The summed E-state index contributed by atoms with van der Waals surface area (Å²) in [4.78, 5) is 24.6. The van der Waals surface area contributed by atoms with Gasteiger partial charge in [-0.25, -0.2) is 0 Å². The molecule has 1 fully saturated rings. The highest BCUT2D eigenvalue weighted by molar-refractivity contribution is 6.34. The molecular formula is C18H27Cl2N3O3. The number of halogens is 2. The SMILES string of the molecule is CCC(C)(C)NC(=O)c1ccc(NC(=O)[C@@H]2CC[C@H](CN)O2)cc1Cl.Cl. The van der Waals surface area contributed by atoms with E-state index in [1.54, 1.807) is 18.2 Å². The van der Waals surface area contributed by atoms with Gasteiger partial charge in [-0.05, 0) is 51.3 Å². The van der Waals surface area contributed by atoms with Crippen molar-refractivity contribution in [1.29, 1.82) is 0 Å². The van der Waals surface area contributed by atoms with Crippen LogP contribution in [-0.2, 0) is 9.53 Å². The maximum atomic E-state index is 12.3. The molecule has 146 valence electrons. The number of carbonyl (C=O) groups is 2. The van der Waals surface area contributed by atoms with Gasteiger partial charge in [-0.15, -0.1) is 12.4 Å². The summed E-state index contributed by atoms with van der Waals surface area (Å²) in [5, 5.41) is 6.00. The molecular weight excluding hydrogens is 377 g/mol. The smallest absolute Gasteiger partial charge is 0.253 e. The van der Waals surface area contributed by atoms with E-state index < -0.39 is 6.10 Å². The lowest BCUT2D eigenvalue weighted by molar-refractivity contribution is -0.126. The van der Waals surface area contributed by atoms with E-state index >= 15 is 0 Å². The first kappa shape index (κ1) is 22.7. The van der Waals surface area contributed by atoms with Crippen LogP contribution in [0.2, 0.25) is 5.02 Å². The summed E-state index contributed by atoms with van der Waals surface area (Å²) >= 11 is 6.23. The van der Waals surface area contributed by atoms with Gasteiger partial charge in [-0.2, -0.15) is 0 Å². The summed E-state index contributed by atoms with van der Waals surface area (Å²) in [6.45, 7) is 6.31. The lowest BCUT2D eigenvalue weighted by Crippen LogP contribution is -2.42. The quantitative estimate of drug-likeness (QED) is 0.679. The molecule has 2 atom stereocenters. The maximum absolute atomic E-state index is 12.3. The number of hydrogen-bond acceptors (Lipinski definition) is 4. The van der Waals surface area contributed by atoms with E-state index in [-0.39, 0.29) is 40.9 Å². The van der Waals surface area contributed by atoms with Crippen LogP contribution in [0.3, 0.4) is 0 Å². The second kappa shape index (κ2) is 9.55. The second-order valence-corrected chi connectivity index (χ2v) is 7.34. The molecule has 0 aliphatic carbocycles. The minimum Gasteiger partial charge on any atom is -0.364 e. The van der Waals surface area contributed by atoms with Crippen molar-refractivity contribution in [3.63, 3.8) is 0 Å². The Morgan fingerprint density at radius 1 is 1.35 bits per heavy atom. The van der Waals surface area contributed by atoms with Crippen molar-refractivity contribution in [2.45, 2.75) is 57.8 Å². The Hall–Kier alpha value is -1.34. The first-order chi connectivity index (χ1) is 11.8. The molecule has 1 aromatic rings. The van der Waals surface area contributed by atoms with Gasteiger partial charge in [0.1, 0.15) is 6.10 Å². The van der Waals surface area contributed by atoms with Crippen LogP contribution in [0.15, 0.2) is 18.2 Å². The largest absolute Gasteiger partial charge is 0.364 e. The molecule has 1 aliphatic rings. The molecule has 0 bridgehead atoms. The van der Waals surface area contributed by atoms with Gasteiger partial charge >= 0.3 is 0 Å². The Morgan fingerprint density at radius 2 is 2.04 bits per heavy atom. The Labute approximate surface area is 165 Å². The number of nitrogens with one attached hydrogen (secondary N) is 2.